The summed E-state index contributed by atoms with van der Waals surface area (Å²) >= 11 is 0. The number of rotatable bonds is 5. The third kappa shape index (κ3) is 4.18. The van der Waals surface area contributed by atoms with Gasteiger partial charge in [0.2, 0.25) is 5.76 Å². The lowest BCUT2D eigenvalue weighted by Gasteiger charge is -2.01. The molecule has 0 saturated heterocycles. The van der Waals surface area contributed by atoms with E-state index >= 15 is 0 Å². The second-order valence-corrected chi connectivity index (χ2v) is 6.90. The van der Waals surface area contributed by atoms with Crippen LogP contribution in [0.5, 0.6) is 0 Å². The Balaban J connectivity index is 1.62. The Kier molecular flexibility index (Phi) is 5.28. The maximum absolute atomic E-state index is 13.3. The van der Waals surface area contributed by atoms with Gasteiger partial charge in [0.1, 0.15) is 35.2 Å². The van der Waals surface area contributed by atoms with Gasteiger partial charge in [0, 0.05) is 11.5 Å². The summed E-state index contributed by atoms with van der Waals surface area (Å²) in [6.45, 7) is 3.76. The van der Waals surface area contributed by atoms with Gasteiger partial charge in [-0.15, -0.1) is 0 Å². The summed E-state index contributed by atoms with van der Waals surface area (Å²) in [7, 11) is 0. The van der Waals surface area contributed by atoms with E-state index in [-0.39, 0.29) is 29.1 Å². The molecule has 1 N–H and O–H groups in total. The van der Waals surface area contributed by atoms with Gasteiger partial charge in [-0.2, -0.15) is 10.2 Å². The molecule has 0 aliphatic heterocycles. The van der Waals surface area contributed by atoms with Crippen LogP contribution in [0.4, 0.5) is 10.4 Å². The monoisotopic (exact) mass is 417 g/mol. The fourth-order valence-electron chi connectivity index (χ4n) is 2.78. The van der Waals surface area contributed by atoms with Gasteiger partial charge in [-0.25, -0.2) is 14.4 Å². The lowest BCUT2D eigenvalue weighted by atomic mass is 10.1. The molecule has 3 aromatic heterocycles. The molecule has 154 valence electrons. The third-order valence-electron chi connectivity index (χ3n) is 4.31. The Labute approximate surface area is 176 Å². The molecule has 0 aliphatic carbocycles. The Morgan fingerprint density at radius 3 is 2.58 bits per heavy atom. The van der Waals surface area contributed by atoms with Crippen LogP contribution in [0.1, 0.15) is 41.9 Å². The summed E-state index contributed by atoms with van der Waals surface area (Å²) in [5.41, 5.74) is 1.84. The normalized spacial score (nSPS) is 10.8. The summed E-state index contributed by atoms with van der Waals surface area (Å²) in [5.74, 6) is -0.753. The number of halogens is 1. The number of benzene rings is 1. The molecule has 0 saturated carbocycles. The number of oxazole rings is 2. The van der Waals surface area contributed by atoms with Crippen molar-refractivity contribution < 1.29 is 18.0 Å². The van der Waals surface area contributed by atoms with Crippen LogP contribution in [0.2, 0.25) is 0 Å². The van der Waals surface area contributed by atoms with E-state index < -0.39 is 11.7 Å². The lowest BCUT2D eigenvalue weighted by molar-refractivity contribution is 0.0992. The number of anilines is 1. The summed E-state index contributed by atoms with van der Waals surface area (Å²) in [5, 5.41) is 11.5. The van der Waals surface area contributed by atoms with E-state index in [0.29, 0.717) is 22.8 Å². The topological polar surface area (TPSA) is 118 Å². The average molecular weight is 417 g/mol. The van der Waals surface area contributed by atoms with Crippen LogP contribution in [0.15, 0.2) is 57.6 Å². The molecule has 1 aromatic carbocycles. The van der Waals surface area contributed by atoms with E-state index in [1.54, 1.807) is 18.2 Å². The minimum absolute atomic E-state index is 0.0420. The average Bonchev–Trinajstić information content (AvgIpc) is 3.42. The highest BCUT2D eigenvalue weighted by Crippen LogP contribution is 2.28. The fourth-order valence-corrected chi connectivity index (χ4v) is 2.78. The van der Waals surface area contributed by atoms with Crippen molar-refractivity contribution in [3.8, 4) is 28.7 Å². The van der Waals surface area contributed by atoms with Crippen LogP contribution in [0.3, 0.4) is 0 Å². The van der Waals surface area contributed by atoms with E-state index in [2.05, 4.69) is 20.3 Å². The number of nitriles is 1. The van der Waals surface area contributed by atoms with E-state index in [0.717, 1.165) is 0 Å². The van der Waals surface area contributed by atoms with Crippen LogP contribution >= 0.6 is 0 Å². The fraction of sp³-hybridized carbons (Fsp3) is 0.136. The van der Waals surface area contributed by atoms with Gasteiger partial charge in [0.25, 0.3) is 5.91 Å². The van der Waals surface area contributed by atoms with Gasteiger partial charge in [-0.05, 0) is 36.4 Å². The van der Waals surface area contributed by atoms with Crippen molar-refractivity contribution in [3.05, 3.63) is 71.9 Å². The van der Waals surface area contributed by atoms with Crippen LogP contribution in [0, 0.1) is 17.1 Å². The van der Waals surface area contributed by atoms with Gasteiger partial charge in [-0.3, -0.25) is 10.1 Å². The molecular formula is C22H16FN5O3. The van der Waals surface area contributed by atoms with Crippen LogP contribution in [-0.2, 0) is 0 Å². The van der Waals surface area contributed by atoms with Crippen molar-refractivity contribution in [3.63, 3.8) is 0 Å². The number of pyridine rings is 1. The molecule has 0 aliphatic rings. The number of carbonyl (C=O) groups is 1. The molecule has 31 heavy (non-hydrogen) atoms. The standard InChI is InChI=1S/C22H16FN5O3/c1-12(2)21-27-18(13-6-8-14(23)9-7-13)19(31-21)20(29)28-22-26-17(11-30-22)16-5-3-4-15(10-24)25-16/h3-9,11-12H,1-2H3,(H,26,28,29). The summed E-state index contributed by atoms with van der Waals surface area (Å²) in [4.78, 5) is 25.6. The molecule has 0 spiro atoms. The molecule has 0 unspecified atom stereocenters. The number of amides is 1. The predicted molar refractivity (Wildman–Crippen MR) is 108 cm³/mol. The molecule has 0 radical (unpaired) electrons. The minimum Gasteiger partial charge on any atom is -0.435 e. The lowest BCUT2D eigenvalue weighted by Crippen LogP contribution is -2.12. The summed E-state index contributed by atoms with van der Waals surface area (Å²) < 4.78 is 24.3. The van der Waals surface area contributed by atoms with Gasteiger partial charge in [0.15, 0.2) is 5.89 Å². The Morgan fingerprint density at radius 1 is 1.10 bits per heavy atom. The van der Waals surface area contributed by atoms with Crippen LogP contribution < -0.4 is 5.32 Å². The zero-order valence-corrected chi connectivity index (χ0v) is 16.6. The first-order chi connectivity index (χ1) is 14.9. The van der Waals surface area contributed by atoms with Crippen molar-refractivity contribution in [2.24, 2.45) is 0 Å². The largest absolute Gasteiger partial charge is 0.435 e. The maximum Gasteiger partial charge on any atom is 0.302 e. The van der Waals surface area contributed by atoms with Crippen LogP contribution in [-0.4, -0.2) is 20.9 Å². The first-order valence-corrected chi connectivity index (χ1v) is 9.35. The molecular weight excluding hydrogens is 401 g/mol. The van der Waals surface area contributed by atoms with E-state index in [9.17, 15) is 9.18 Å². The molecule has 0 atom stereocenters. The highest BCUT2D eigenvalue weighted by molar-refractivity contribution is 6.05. The van der Waals surface area contributed by atoms with Crippen molar-refractivity contribution in [1.82, 2.24) is 15.0 Å². The first-order valence-electron chi connectivity index (χ1n) is 9.35. The SMILES string of the molecule is CC(C)c1nc(-c2ccc(F)cc2)c(C(=O)Nc2nc(-c3cccc(C#N)n3)co2)o1. The number of aromatic nitrogens is 3. The van der Waals surface area contributed by atoms with E-state index in [1.807, 2.05) is 19.9 Å². The van der Waals surface area contributed by atoms with E-state index in [1.165, 1.54) is 30.5 Å². The Bertz CT molecular complexity index is 1290. The zero-order chi connectivity index (χ0) is 22.0. The third-order valence-corrected chi connectivity index (χ3v) is 4.31. The molecule has 8 nitrogen and oxygen atoms in total. The highest BCUT2D eigenvalue weighted by atomic mass is 19.1. The molecule has 0 bridgehead atoms. The number of carbonyl (C=O) groups excluding carboxylic acids is 1. The Hall–Kier alpha value is -4.32. The van der Waals surface area contributed by atoms with Gasteiger partial charge >= 0.3 is 6.01 Å². The van der Waals surface area contributed by atoms with Crippen molar-refractivity contribution in [2.75, 3.05) is 5.32 Å². The highest BCUT2D eigenvalue weighted by Gasteiger charge is 2.24. The Morgan fingerprint density at radius 2 is 1.87 bits per heavy atom. The number of hydrogen-bond acceptors (Lipinski definition) is 7. The van der Waals surface area contributed by atoms with Gasteiger partial charge in [-0.1, -0.05) is 19.9 Å². The smallest absolute Gasteiger partial charge is 0.302 e. The van der Waals surface area contributed by atoms with Crippen molar-refractivity contribution in [2.45, 2.75) is 19.8 Å². The second kappa shape index (κ2) is 8.20. The molecule has 1 amide bonds. The molecule has 4 rings (SSSR count). The summed E-state index contributed by atoms with van der Waals surface area (Å²) in [6, 6.07) is 12.4. The first kappa shape index (κ1) is 20.0. The van der Waals surface area contributed by atoms with Crippen molar-refractivity contribution >= 4 is 11.9 Å². The molecule has 4 aromatic rings. The van der Waals surface area contributed by atoms with E-state index in [4.69, 9.17) is 14.1 Å². The second-order valence-electron chi connectivity index (χ2n) is 6.90. The maximum atomic E-state index is 13.3. The minimum atomic E-state index is -0.620. The van der Waals surface area contributed by atoms with Crippen molar-refractivity contribution in [1.29, 1.82) is 5.26 Å². The quantitative estimate of drug-likeness (QED) is 0.496. The molecule has 9 heteroatoms. The predicted octanol–water partition coefficient (Wildman–Crippen LogP) is 4.78. The number of hydrogen-bond donors (Lipinski definition) is 1. The van der Waals surface area contributed by atoms with Gasteiger partial charge < -0.3 is 8.83 Å². The van der Waals surface area contributed by atoms with Crippen LogP contribution in [0.25, 0.3) is 22.6 Å². The number of nitrogens with zero attached hydrogens (tertiary/aromatic N) is 4. The van der Waals surface area contributed by atoms with Gasteiger partial charge in [0.05, 0.1) is 5.69 Å². The zero-order valence-electron chi connectivity index (χ0n) is 16.6. The number of nitrogens with one attached hydrogen (secondary N) is 1. The summed E-state index contributed by atoms with van der Waals surface area (Å²) in [6.07, 6.45) is 1.32. The molecule has 3 heterocycles. The molecule has 0 fully saturated rings.